The second-order valence-corrected chi connectivity index (χ2v) is 7.16. The maximum atomic E-state index is 12.2. The monoisotopic (exact) mass is 373 g/mol. The van der Waals surface area contributed by atoms with Crippen LogP contribution in [0.25, 0.3) is 11.0 Å². The van der Waals surface area contributed by atoms with Crippen molar-refractivity contribution in [3.05, 3.63) is 89.6 Å². The summed E-state index contributed by atoms with van der Waals surface area (Å²) in [5, 5.41) is 2.90. The van der Waals surface area contributed by atoms with E-state index in [0.717, 1.165) is 16.9 Å². The Kier molecular flexibility index (Phi) is 4.98. The summed E-state index contributed by atoms with van der Waals surface area (Å²) in [4.78, 5) is 16.9. The standard InChI is InChI=1S/C23H23N3O2/c1-16(2)18-11-9-17(10-12-18)15-26-20-7-4-3-6-19(20)25-22(26)14-24-23(27)21-8-5-13-28-21/h3-13,16H,14-15H2,1-2H3,(H,24,27). The van der Waals surface area contributed by atoms with Crippen LogP contribution in [0, 0.1) is 0 Å². The number of para-hydroxylation sites is 2. The Morgan fingerprint density at radius 2 is 1.86 bits per heavy atom. The number of hydrogen-bond acceptors (Lipinski definition) is 3. The molecule has 5 heteroatoms. The number of furan rings is 1. The molecular formula is C23H23N3O2. The molecule has 0 radical (unpaired) electrons. The third-order valence-corrected chi connectivity index (χ3v) is 4.87. The zero-order valence-electron chi connectivity index (χ0n) is 16.1. The Hall–Kier alpha value is -3.34. The molecule has 5 nitrogen and oxygen atoms in total. The molecule has 0 aliphatic heterocycles. The Bertz CT molecular complexity index is 1080. The first-order valence-corrected chi connectivity index (χ1v) is 9.46. The van der Waals surface area contributed by atoms with Crippen molar-refractivity contribution in [2.45, 2.75) is 32.9 Å². The number of carbonyl (C=O) groups is 1. The molecule has 4 aromatic rings. The van der Waals surface area contributed by atoms with Gasteiger partial charge in [-0.3, -0.25) is 4.79 Å². The topological polar surface area (TPSA) is 60.1 Å². The van der Waals surface area contributed by atoms with Gasteiger partial charge in [-0.15, -0.1) is 0 Å². The SMILES string of the molecule is CC(C)c1ccc(Cn2c(CNC(=O)c3ccco3)nc3ccccc32)cc1. The molecule has 0 saturated heterocycles. The zero-order valence-corrected chi connectivity index (χ0v) is 16.1. The number of benzene rings is 2. The Morgan fingerprint density at radius 1 is 1.07 bits per heavy atom. The number of rotatable bonds is 6. The summed E-state index contributed by atoms with van der Waals surface area (Å²) in [5.41, 5.74) is 4.50. The predicted octanol–water partition coefficient (Wildman–Crippen LogP) is 4.73. The molecule has 0 aliphatic rings. The van der Waals surface area contributed by atoms with E-state index in [4.69, 9.17) is 9.40 Å². The molecule has 2 aromatic heterocycles. The lowest BCUT2D eigenvalue weighted by molar-refractivity contribution is 0.0922. The molecule has 0 spiro atoms. The first kappa shape index (κ1) is 18.0. The van der Waals surface area contributed by atoms with E-state index in [0.29, 0.717) is 24.8 Å². The minimum Gasteiger partial charge on any atom is -0.459 e. The molecule has 0 atom stereocenters. The number of carbonyl (C=O) groups excluding carboxylic acids is 1. The third-order valence-electron chi connectivity index (χ3n) is 4.87. The Labute approximate surface area is 164 Å². The third kappa shape index (κ3) is 3.69. The largest absolute Gasteiger partial charge is 0.459 e. The van der Waals surface area contributed by atoms with Crippen molar-refractivity contribution in [3.8, 4) is 0 Å². The molecule has 28 heavy (non-hydrogen) atoms. The number of fused-ring (bicyclic) bond motifs is 1. The summed E-state index contributed by atoms with van der Waals surface area (Å²) in [7, 11) is 0. The average Bonchev–Trinajstić information content (AvgIpc) is 3.35. The van der Waals surface area contributed by atoms with E-state index in [2.05, 4.69) is 54.1 Å². The predicted molar refractivity (Wildman–Crippen MR) is 109 cm³/mol. The molecule has 2 heterocycles. The number of nitrogens with zero attached hydrogens (tertiary/aromatic N) is 2. The van der Waals surface area contributed by atoms with Gasteiger partial charge in [-0.05, 0) is 41.3 Å². The molecule has 1 amide bonds. The van der Waals surface area contributed by atoms with Crippen LogP contribution in [0.3, 0.4) is 0 Å². The van der Waals surface area contributed by atoms with Crippen molar-refractivity contribution < 1.29 is 9.21 Å². The normalized spacial score (nSPS) is 11.2. The smallest absolute Gasteiger partial charge is 0.287 e. The lowest BCUT2D eigenvalue weighted by Crippen LogP contribution is -2.24. The molecule has 0 fully saturated rings. The first-order valence-electron chi connectivity index (χ1n) is 9.46. The number of nitrogens with one attached hydrogen (secondary N) is 1. The molecule has 1 N–H and O–H groups in total. The second kappa shape index (κ2) is 7.72. The Morgan fingerprint density at radius 3 is 2.57 bits per heavy atom. The van der Waals surface area contributed by atoms with E-state index < -0.39 is 0 Å². The summed E-state index contributed by atoms with van der Waals surface area (Å²) in [6.45, 7) is 5.42. The minimum absolute atomic E-state index is 0.245. The van der Waals surface area contributed by atoms with Crippen LogP contribution >= 0.6 is 0 Å². The molecular weight excluding hydrogens is 350 g/mol. The quantitative estimate of drug-likeness (QED) is 0.531. The maximum absolute atomic E-state index is 12.2. The number of aromatic nitrogens is 2. The van der Waals surface area contributed by atoms with Gasteiger partial charge in [-0.1, -0.05) is 50.2 Å². The number of hydrogen-bond donors (Lipinski definition) is 1. The van der Waals surface area contributed by atoms with Gasteiger partial charge in [0, 0.05) is 6.54 Å². The van der Waals surface area contributed by atoms with Crippen molar-refractivity contribution >= 4 is 16.9 Å². The Balaban J connectivity index is 1.60. The highest BCUT2D eigenvalue weighted by Gasteiger charge is 2.14. The highest BCUT2D eigenvalue weighted by atomic mass is 16.3. The maximum Gasteiger partial charge on any atom is 0.287 e. The van der Waals surface area contributed by atoms with E-state index in [1.54, 1.807) is 12.1 Å². The van der Waals surface area contributed by atoms with Gasteiger partial charge in [0.2, 0.25) is 0 Å². The molecule has 0 bridgehead atoms. The van der Waals surface area contributed by atoms with Crippen molar-refractivity contribution in [3.63, 3.8) is 0 Å². The van der Waals surface area contributed by atoms with E-state index >= 15 is 0 Å². The number of imidazole rings is 1. The summed E-state index contributed by atoms with van der Waals surface area (Å²) in [5.74, 6) is 1.38. The van der Waals surface area contributed by atoms with Crippen molar-refractivity contribution in [1.29, 1.82) is 0 Å². The lowest BCUT2D eigenvalue weighted by Gasteiger charge is -2.11. The van der Waals surface area contributed by atoms with Crippen LogP contribution in [0.15, 0.2) is 71.3 Å². The molecule has 0 unspecified atom stereocenters. The molecule has 0 saturated carbocycles. The average molecular weight is 373 g/mol. The van der Waals surface area contributed by atoms with Gasteiger partial charge in [0.1, 0.15) is 5.82 Å². The first-order chi connectivity index (χ1) is 13.6. The van der Waals surface area contributed by atoms with Gasteiger partial charge in [0.25, 0.3) is 5.91 Å². The molecule has 2 aromatic carbocycles. The van der Waals surface area contributed by atoms with Gasteiger partial charge in [-0.25, -0.2) is 4.98 Å². The zero-order chi connectivity index (χ0) is 19.5. The highest BCUT2D eigenvalue weighted by molar-refractivity contribution is 5.91. The molecule has 4 rings (SSSR count). The minimum atomic E-state index is -0.245. The van der Waals surface area contributed by atoms with Crippen LogP contribution in [0.5, 0.6) is 0 Å². The highest BCUT2D eigenvalue weighted by Crippen LogP contribution is 2.20. The van der Waals surface area contributed by atoms with Crippen LogP contribution in [0.4, 0.5) is 0 Å². The van der Waals surface area contributed by atoms with Gasteiger partial charge in [0.05, 0.1) is 23.8 Å². The fourth-order valence-electron chi connectivity index (χ4n) is 3.28. The van der Waals surface area contributed by atoms with Crippen LogP contribution in [0.1, 0.15) is 47.3 Å². The van der Waals surface area contributed by atoms with Gasteiger partial charge >= 0.3 is 0 Å². The number of amides is 1. The van der Waals surface area contributed by atoms with Gasteiger partial charge in [-0.2, -0.15) is 0 Å². The van der Waals surface area contributed by atoms with E-state index in [1.807, 2.05) is 18.2 Å². The van der Waals surface area contributed by atoms with Crippen LogP contribution < -0.4 is 5.32 Å². The fraction of sp³-hybridized carbons (Fsp3) is 0.217. The van der Waals surface area contributed by atoms with Crippen molar-refractivity contribution in [1.82, 2.24) is 14.9 Å². The lowest BCUT2D eigenvalue weighted by atomic mass is 10.0. The van der Waals surface area contributed by atoms with Crippen molar-refractivity contribution in [2.24, 2.45) is 0 Å². The molecule has 0 aliphatic carbocycles. The van der Waals surface area contributed by atoms with E-state index in [1.165, 1.54) is 17.4 Å². The van der Waals surface area contributed by atoms with E-state index in [-0.39, 0.29) is 5.91 Å². The summed E-state index contributed by atoms with van der Waals surface area (Å²) >= 11 is 0. The van der Waals surface area contributed by atoms with Crippen LogP contribution in [-0.4, -0.2) is 15.5 Å². The van der Waals surface area contributed by atoms with Crippen LogP contribution in [-0.2, 0) is 13.1 Å². The summed E-state index contributed by atoms with van der Waals surface area (Å²) < 4.78 is 7.31. The summed E-state index contributed by atoms with van der Waals surface area (Å²) in [6, 6.07) is 20.1. The summed E-state index contributed by atoms with van der Waals surface area (Å²) in [6.07, 6.45) is 1.49. The van der Waals surface area contributed by atoms with E-state index in [9.17, 15) is 4.79 Å². The van der Waals surface area contributed by atoms with Crippen molar-refractivity contribution in [2.75, 3.05) is 0 Å². The van der Waals surface area contributed by atoms with Gasteiger partial charge in [0.15, 0.2) is 5.76 Å². The molecule has 142 valence electrons. The van der Waals surface area contributed by atoms with Gasteiger partial charge < -0.3 is 14.3 Å². The second-order valence-electron chi connectivity index (χ2n) is 7.16. The van der Waals surface area contributed by atoms with Crippen LogP contribution in [0.2, 0.25) is 0 Å². The fourth-order valence-corrected chi connectivity index (χ4v) is 3.28.